The first kappa shape index (κ1) is 22.5. The molecule has 1 saturated carbocycles. The van der Waals surface area contributed by atoms with Gasteiger partial charge in [0.05, 0.1) is 30.1 Å². The summed E-state index contributed by atoms with van der Waals surface area (Å²) >= 11 is -1.11. The highest BCUT2D eigenvalue weighted by Gasteiger charge is 2.23. The maximum Gasteiger partial charge on any atom is 0.404 e. The number of aromatic nitrogens is 3. The number of amides is 1. The molecule has 1 aromatic carbocycles. The zero-order chi connectivity index (χ0) is 23.4. The summed E-state index contributed by atoms with van der Waals surface area (Å²) in [5.41, 5.74) is 2.51. The van der Waals surface area contributed by atoms with Crippen LogP contribution in [0.1, 0.15) is 24.0 Å². The van der Waals surface area contributed by atoms with E-state index >= 15 is 0 Å². The van der Waals surface area contributed by atoms with Crippen LogP contribution >= 0.6 is 0 Å². The summed E-state index contributed by atoms with van der Waals surface area (Å²) in [5, 5.41) is 31.2. The van der Waals surface area contributed by atoms with Gasteiger partial charge in [-0.1, -0.05) is 11.2 Å². The second-order valence-corrected chi connectivity index (χ2v) is 9.03. The first-order valence-corrected chi connectivity index (χ1v) is 12.0. The molecule has 3 aromatic rings. The highest BCUT2D eigenvalue weighted by atomic mass is 32.2. The Labute approximate surface area is 192 Å². The molecule has 4 N–H and O–H groups in total. The lowest BCUT2D eigenvalue weighted by atomic mass is 10.2. The maximum absolute atomic E-state index is 11.9. The fourth-order valence-corrected chi connectivity index (χ4v) is 3.90. The second-order valence-electron chi connectivity index (χ2n) is 7.60. The van der Waals surface area contributed by atoms with Crippen molar-refractivity contribution in [1.82, 2.24) is 19.9 Å². The van der Waals surface area contributed by atoms with Crippen LogP contribution in [0.15, 0.2) is 30.5 Å². The molecule has 2 aromatic heterocycles. The number of ether oxygens (including phenoxy) is 1. The zero-order valence-electron chi connectivity index (χ0n) is 17.9. The molecule has 0 aliphatic heterocycles. The first-order valence-electron chi connectivity index (χ1n) is 10.3. The molecule has 12 heteroatoms. The van der Waals surface area contributed by atoms with Crippen molar-refractivity contribution >= 4 is 40.2 Å². The van der Waals surface area contributed by atoms with Gasteiger partial charge in [-0.3, -0.25) is 0 Å². The zero-order valence-corrected chi connectivity index (χ0v) is 18.7. The van der Waals surface area contributed by atoms with Crippen LogP contribution in [0.25, 0.3) is 5.52 Å². The number of hydrogen-bond acceptors (Lipinski definition) is 8. The molecule has 1 aliphatic carbocycles. The van der Waals surface area contributed by atoms with Crippen LogP contribution in [0.3, 0.4) is 0 Å². The van der Waals surface area contributed by atoms with Gasteiger partial charge in [0.15, 0.2) is 0 Å². The minimum Gasteiger partial charge on any atom is -0.616 e. The Morgan fingerprint density at radius 2 is 2.24 bits per heavy atom. The van der Waals surface area contributed by atoms with E-state index in [1.807, 2.05) is 6.07 Å². The number of carboxylic acid groups (broad SMARTS) is 1. The number of nitriles is 1. The van der Waals surface area contributed by atoms with E-state index in [4.69, 9.17) is 9.84 Å². The van der Waals surface area contributed by atoms with Gasteiger partial charge < -0.3 is 30.3 Å². The van der Waals surface area contributed by atoms with Crippen LogP contribution in [0.5, 0.6) is 5.75 Å². The van der Waals surface area contributed by atoms with Gasteiger partial charge in [-0.05, 0) is 31.0 Å². The molecule has 0 saturated heterocycles. The Bertz CT molecular complexity index is 1200. The van der Waals surface area contributed by atoms with E-state index in [1.54, 1.807) is 29.0 Å². The third-order valence-electron chi connectivity index (χ3n) is 4.87. The lowest BCUT2D eigenvalue weighted by Crippen LogP contribution is -2.26. The minimum atomic E-state index is -1.12. The van der Waals surface area contributed by atoms with Crippen molar-refractivity contribution in [2.24, 2.45) is 0 Å². The molecule has 1 atom stereocenters. The van der Waals surface area contributed by atoms with Gasteiger partial charge in [0.25, 0.3) is 0 Å². The van der Waals surface area contributed by atoms with E-state index < -0.39 is 17.3 Å². The predicted molar refractivity (Wildman–Crippen MR) is 123 cm³/mol. The second kappa shape index (κ2) is 9.85. The number of rotatable bonds is 10. The van der Waals surface area contributed by atoms with E-state index in [0.717, 1.165) is 18.4 Å². The molecule has 1 unspecified atom stereocenters. The Morgan fingerprint density at radius 1 is 1.42 bits per heavy atom. The average molecular weight is 470 g/mol. The summed E-state index contributed by atoms with van der Waals surface area (Å²) in [4.78, 5) is 15.2. The summed E-state index contributed by atoms with van der Waals surface area (Å²) < 4.78 is 19.2. The molecule has 0 bridgehead atoms. The fraction of sp³-hybridized carbons (Fsp3) is 0.333. The average Bonchev–Trinajstić information content (AvgIpc) is 3.48. The number of benzene rings is 1. The largest absolute Gasteiger partial charge is 0.616 e. The number of anilines is 3. The summed E-state index contributed by atoms with van der Waals surface area (Å²) in [6.45, 7) is 0.284. The van der Waals surface area contributed by atoms with E-state index in [2.05, 4.69) is 32.1 Å². The lowest BCUT2D eigenvalue weighted by Gasteiger charge is -2.15. The van der Waals surface area contributed by atoms with Gasteiger partial charge in [0.1, 0.15) is 30.0 Å². The van der Waals surface area contributed by atoms with Gasteiger partial charge in [-0.25, -0.2) is 4.79 Å². The fourth-order valence-electron chi connectivity index (χ4n) is 3.24. The van der Waals surface area contributed by atoms with E-state index in [1.165, 1.54) is 6.20 Å². The molecule has 4 rings (SSSR count). The maximum atomic E-state index is 11.9. The van der Waals surface area contributed by atoms with Crippen LogP contribution in [0.4, 0.5) is 22.2 Å². The van der Waals surface area contributed by atoms with Crippen LogP contribution < -0.4 is 20.7 Å². The van der Waals surface area contributed by atoms with Crippen molar-refractivity contribution in [1.29, 1.82) is 5.26 Å². The van der Waals surface area contributed by atoms with Crippen LogP contribution in [-0.4, -0.2) is 55.8 Å². The first-order chi connectivity index (χ1) is 15.9. The van der Waals surface area contributed by atoms with E-state index in [9.17, 15) is 14.6 Å². The third-order valence-corrected chi connectivity index (χ3v) is 5.58. The van der Waals surface area contributed by atoms with Crippen LogP contribution in [-0.2, 0) is 16.9 Å². The molecule has 1 aliphatic rings. The van der Waals surface area contributed by atoms with Crippen LogP contribution in [0.2, 0.25) is 0 Å². The quantitative estimate of drug-likeness (QED) is 0.258. The monoisotopic (exact) mass is 469 g/mol. The van der Waals surface area contributed by atoms with Crippen molar-refractivity contribution in [3.05, 3.63) is 41.6 Å². The van der Waals surface area contributed by atoms with E-state index in [0.29, 0.717) is 40.3 Å². The van der Waals surface area contributed by atoms with Crippen molar-refractivity contribution in [3.63, 3.8) is 0 Å². The molecule has 172 valence electrons. The Morgan fingerprint density at radius 3 is 2.94 bits per heavy atom. The molecule has 11 nitrogen and oxygen atoms in total. The van der Waals surface area contributed by atoms with Gasteiger partial charge in [0.2, 0.25) is 5.95 Å². The standard InChI is InChI=1S/C21H23N7O4S/c1-33(31)12-13-8-16(4-5-18(13)32-7-6-23-21(29)30)25-19-9-17-14(10-22)11-24-28(17)20(27-19)26-15-2-3-15/h4-5,8-9,11,15,23,25H,2-3,6-7,12H2,1H3,(H,26,27)(H,29,30). The Balaban J connectivity index is 1.58. The minimum absolute atomic E-state index is 0.136. The summed E-state index contributed by atoms with van der Waals surface area (Å²) in [6, 6.07) is 9.61. The molecule has 2 heterocycles. The topological polar surface area (TPSA) is 160 Å². The highest BCUT2D eigenvalue weighted by molar-refractivity contribution is 7.89. The number of nitrogens with zero attached hydrogens (tertiary/aromatic N) is 4. The van der Waals surface area contributed by atoms with Gasteiger partial charge >= 0.3 is 6.09 Å². The van der Waals surface area contributed by atoms with Crippen molar-refractivity contribution in [2.75, 3.05) is 30.0 Å². The summed E-state index contributed by atoms with van der Waals surface area (Å²) in [6.07, 6.45) is 4.12. The SMILES string of the molecule is C[S+]([O-])Cc1cc(Nc2cc3c(C#N)cnn3c(NC3CC3)n2)ccc1OCCNC(=O)O. The number of carbonyl (C=O) groups is 1. The van der Waals surface area contributed by atoms with E-state index in [-0.39, 0.29) is 18.9 Å². The lowest BCUT2D eigenvalue weighted by molar-refractivity contribution is 0.191. The normalized spacial score (nSPS) is 13.8. The number of fused-ring (bicyclic) bond motifs is 1. The van der Waals surface area contributed by atoms with Gasteiger partial charge in [-0.2, -0.15) is 19.9 Å². The summed E-state index contributed by atoms with van der Waals surface area (Å²) in [7, 11) is 0. The third kappa shape index (κ3) is 5.76. The molecule has 0 spiro atoms. The molecule has 33 heavy (non-hydrogen) atoms. The molecule has 0 radical (unpaired) electrons. The van der Waals surface area contributed by atoms with Gasteiger partial charge in [0, 0.05) is 23.4 Å². The Hall–Kier alpha value is -3.69. The van der Waals surface area contributed by atoms with Crippen molar-refractivity contribution < 1.29 is 19.2 Å². The Kier molecular flexibility index (Phi) is 6.71. The number of nitrogens with one attached hydrogen (secondary N) is 3. The molecule has 1 amide bonds. The van der Waals surface area contributed by atoms with Crippen molar-refractivity contribution in [2.45, 2.75) is 24.6 Å². The van der Waals surface area contributed by atoms with Crippen molar-refractivity contribution in [3.8, 4) is 11.8 Å². The summed E-state index contributed by atoms with van der Waals surface area (Å²) in [5.74, 6) is 1.90. The molecular formula is C21H23N7O4S. The highest BCUT2D eigenvalue weighted by Crippen LogP contribution is 2.29. The number of hydrogen-bond donors (Lipinski definition) is 4. The van der Waals surface area contributed by atoms with Gasteiger partial charge in [-0.15, -0.1) is 0 Å². The predicted octanol–water partition coefficient (Wildman–Crippen LogP) is 2.44. The molecular weight excluding hydrogens is 446 g/mol. The smallest absolute Gasteiger partial charge is 0.404 e. The molecule has 1 fully saturated rings. The van der Waals surface area contributed by atoms with Crippen LogP contribution in [0, 0.1) is 11.3 Å².